The van der Waals surface area contributed by atoms with Gasteiger partial charge < -0.3 is 19.5 Å². The number of phenols is 1. The molecule has 0 spiro atoms. The van der Waals surface area contributed by atoms with E-state index in [-0.39, 0.29) is 17.6 Å². The van der Waals surface area contributed by atoms with E-state index in [0.717, 1.165) is 30.1 Å². The lowest BCUT2D eigenvalue weighted by atomic mass is 9.76. The standard InChI is InChI=1S/C34H43NO3/c36-29-17-20-31-33(25-29)38-26-32(27-13-7-6-8-14-27)34(31)28-15-18-30(19-16-28)37-24-12-5-3-1-2-4-9-21-35-22-10-11-23-35/h6-8,13-20,25,32,34,36H,1-5,9-12,21-24,26H2/t32-,34-/m1/s1. The van der Waals surface area contributed by atoms with Crippen molar-refractivity contribution in [3.63, 3.8) is 0 Å². The van der Waals surface area contributed by atoms with Crippen molar-refractivity contribution in [3.8, 4) is 17.2 Å². The zero-order valence-corrected chi connectivity index (χ0v) is 22.7. The van der Waals surface area contributed by atoms with Crippen LogP contribution >= 0.6 is 0 Å². The number of ether oxygens (including phenoxy) is 2. The summed E-state index contributed by atoms with van der Waals surface area (Å²) in [6.07, 6.45) is 11.9. The molecule has 2 heterocycles. The first-order valence-electron chi connectivity index (χ1n) is 14.7. The molecular formula is C34H43NO3. The first-order chi connectivity index (χ1) is 18.8. The van der Waals surface area contributed by atoms with Crippen molar-refractivity contribution in [2.45, 2.75) is 69.6 Å². The topological polar surface area (TPSA) is 41.9 Å². The molecule has 2 aliphatic heterocycles. The molecule has 2 atom stereocenters. The van der Waals surface area contributed by atoms with E-state index in [1.807, 2.05) is 6.07 Å². The average molecular weight is 514 g/mol. The van der Waals surface area contributed by atoms with Gasteiger partial charge in [0.25, 0.3) is 0 Å². The van der Waals surface area contributed by atoms with Crippen molar-refractivity contribution in [2.24, 2.45) is 0 Å². The zero-order chi connectivity index (χ0) is 26.0. The first kappa shape index (κ1) is 26.6. The Hall–Kier alpha value is -2.98. The van der Waals surface area contributed by atoms with Gasteiger partial charge in [-0.2, -0.15) is 0 Å². The molecule has 4 nitrogen and oxygen atoms in total. The van der Waals surface area contributed by atoms with Gasteiger partial charge in [-0.25, -0.2) is 0 Å². The Bertz CT molecular complexity index is 1110. The van der Waals surface area contributed by atoms with Crippen molar-refractivity contribution in [2.75, 3.05) is 32.8 Å². The number of phenolic OH excluding ortho intramolecular Hbond substituents is 1. The maximum Gasteiger partial charge on any atom is 0.126 e. The van der Waals surface area contributed by atoms with Gasteiger partial charge in [0.15, 0.2) is 0 Å². The van der Waals surface area contributed by atoms with Crippen molar-refractivity contribution in [3.05, 3.63) is 89.5 Å². The van der Waals surface area contributed by atoms with Crippen LogP contribution in [0.2, 0.25) is 0 Å². The van der Waals surface area contributed by atoms with Crippen molar-refractivity contribution >= 4 is 0 Å². The Morgan fingerprint density at radius 1 is 0.763 bits per heavy atom. The lowest BCUT2D eigenvalue weighted by Gasteiger charge is -2.34. The predicted octanol–water partition coefficient (Wildman–Crippen LogP) is 7.91. The highest BCUT2D eigenvalue weighted by molar-refractivity contribution is 5.50. The van der Waals surface area contributed by atoms with Crippen LogP contribution in [0.3, 0.4) is 0 Å². The highest BCUT2D eigenvalue weighted by Gasteiger charge is 2.33. The molecule has 0 saturated carbocycles. The minimum atomic E-state index is 0.158. The quantitative estimate of drug-likeness (QED) is 0.236. The molecule has 202 valence electrons. The van der Waals surface area contributed by atoms with Gasteiger partial charge in [0, 0.05) is 23.5 Å². The molecule has 1 fully saturated rings. The molecule has 2 aliphatic rings. The number of rotatable bonds is 13. The molecule has 4 heteroatoms. The Balaban J connectivity index is 1.09. The van der Waals surface area contributed by atoms with Gasteiger partial charge in [0.2, 0.25) is 0 Å². The van der Waals surface area contributed by atoms with E-state index in [9.17, 15) is 5.11 Å². The molecule has 3 aromatic rings. The molecule has 0 unspecified atom stereocenters. The fraction of sp³-hybridized carbons (Fsp3) is 0.471. The second kappa shape index (κ2) is 13.7. The van der Waals surface area contributed by atoms with Crippen LogP contribution in [0.15, 0.2) is 72.8 Å². The number of nitrogens with zero attached hydrogens (tertiary/aromatic N) is 1. The Labute approximate surface area is 228 Å². The number of fused-ring (bicyclic) bond motifs is 1. The maximum atomic E-state index is 9.99. The van der Waals surface area contributed by atoms with Gasteiger partial charge in [-0.15, -0.1) is 0 Å². The molecular weight excluding hydrogens is 470 g/mol. The number of unbranched alkanes of at least 4 members (excludes halogenated alkanes) is 6. The maximum absolute atomic E-state index is 9.99. The molecule has 0 aromatic heterocycles. The van der Waals surface area contributed by atoms with Crippen LogP contribution in [0.25, 0.3) is 0 Å². The normalized spacial score (nSPS) is 19.2. The molecule has 5 rings (SSSR count). The number of aromatic hydroxyl groups is 1. The van der Waals surface area contributed by atoms with E-state index in [0.29, 0.717) is 6.61 Å². The highest BCUT2D eigenvalue weighted by atomic mass is 16.5. The monoisotopic (exact) mass is 513 g/mol. The Morgan fingerprint density at radius 2 is 1.47 bits per heavy atom. The zero-order valence-electron chi connectivity index (χ0n) is 22.7. The van der Waals surface area contributed by atoms with Crippen molar-refractivity contribution < 1.29 is 14.6 Å². The van der Waals surface area contributed by atoms with Gasteiger partial charge in [0.05, 0.1) is 13.2 Å². The Morgan fingerprint density at radius 3 is 2.24 bits per heavy atom. The highest BCUT2D eigenvalue weighted by Crippen LogP contribution is 2.47. The van der Waals surface area contributed by atoms with E-state index in [1.54, 1.807) is 12.1 Å². The van der Waals surface area contributed by atoms with E-state index in [2.05, 4.69) is 59.5 Å². The van der Waals surface area contributed by atoms with Crippen LogP contribution in [0.5, 0.6) is 17.2 Å². The van der Waals surface area contributed by atoms with E-state index >= 15 is 0 Å². The summed E-state index contributed by atoms with van der Waals surface area (Å²) >= 11 is 0. The first-order valence-corrected chi connectivity index (χ1v) is 14.7. The lowest BCUT2D eigenvalue weighted by Crippen LogP contribution is -2.25. The summed E-state index contributed by atoms with van der Waals surface area (Å²) < 4.78 is 12.2. The Kier molecular flexibility index (Phi) is 9.60. The van der Waals surface area contributed by atoms with Gasteiger partial charge in [0.1, 0.15) is 17.2 Å². The van der Waals surface area contributed by atoms with Crippen molar-refractivity contribution in [1.29, 1.82) is 0 Å². The largest absolute Gasteiger partial charge is 0.508 e. The SMILES string of the molecule is Oc1ccc2c(c1)OC[C@H](c1ccccc1)[C@@H]2c1ccc(OCCCCCCCCCN2CCCC2)cc1. The van der Waals surface area contributed by atoms with E-state index < -0.39 is 0 Å². The van der Waals surface area contributed by atoms with Gasteiger partial charge in [-0.1, -0.05) is 80.6 Å². The number of hydrogen-bond donors (Lipinski definition) is 1. The molecule has 0 bridgehead atoms. The van der Waals surface area contributed by atoms with E-state index in [4.69, 9.17) is 9.47 Å². The number of benzene rings is 3. The molecule has 0 amide bonds. The second-order valence-corrected chi connectivity index (χ2v) is 11.0. The van der Waals surface area contributed by atoms with Gasteiger partial charge in [-0.05, 0) is 74.6 Å². The van der Waals surface area contributed by atoms with Crippen LogP contribution in [-0.4, -0.2) is 42.9 Å². The summed E-state index contributed by atoms with van der Waals surface area (Å²) in [6.45, 7) is 5.32. The van der Waals surface area contributed by atoms with Crippen LogP contribution in [0, 0.1) is 0 Å². The van der Waals surface area contributed by atoms with Gasteiger partial charge >= 0.3 is 0 Å². The molecule has 38 heavy (non-hydrogen) atoms. The minimum absolute atomic E-state index is 0.158. The summed E-state index contributed by atoms with van der Waals surface area (Å²) in [7, 11) is 0. The molecule has 0 radical (unpaired) electrons. The summed E-state index contributed by atoms with van der Waals surface area (Å²) in [5.74, 6) is 2.31. The smallest absolute Gasteiger partial charge is 0.126 e. The third kappa shape index (κ3) is 7.11. The summed E-state index contributed by atoms with van der Waals surface area (Å²) in [4.78, 5) is 2.62. The predicted molar refractivity (Wildman–Crippen MR) is 155 cm³/mol. The molecule has 1 saturated heterocycles. The summed E-state index contributed by atoms with van der Waals surface area (Å²) in [5.41, 5.74) is 3.63. The molecule has 0 aliphatic carbocycles. The lowest BCUT2D eigenvalue weighted by molar-refractivity contribution is 0.247. The van der Waals surface area contributed by atoms with Crippen molar-refractivity contribution in [1.82, 2.24) is 4.90 Å². The second-order valence-electron chi connectivity index (χ2n) is 11.0. The minimum Gasteiger partial charge on any atom is -0.508 e. The fourth-order valence-corrected chi connectivity index (χ4v) is 6.09. The summed E-state index contributed by atoms with van der Waals surface area (Å²) in [5, 5.41) is 9.99. The molecule has 1 N–H and O–H groups in total. The average Bonchev–Trinajstić information content (AvgIpc) is 3.48. The summed E-state index contributed by atoms with van der Waals surface area (Å²) in [6, 6.07) is 24.7. The van der Waals surface area contributed by atoms with Crippen LogP contribution in [0.1, 0.15) is 86.3 Å². The fourth-order valence-electron chi connectivity index (χ4n) is 6.09. The van der Waals surface area contributed by atoms with Gasteiger partial charge in [-0.3, -0.25) is 0 Å². The number of hydrogen-bond acceptors (Lipinski definition) is 4. The van der Waals surface area contributed by atoms with Crippen LogP contribution < -0.4 is 9.47 Å². The third-order valence-electron chi connectivity index (χ3n) is 8.21. The third-order valence-corrected chi connectivity index (χ3v) is 8.21. The molecule has 3 aromatic carbocycles. The van der Waals surface area contributed by atoms with Crippen LogP contribution in [-0.2, 0) is 0 Å². The van der Waals surface area contributed by atoms with E-state index in [1.165, 1.54) is 82.1 Å². The van der Waals surface area contributed by atoms with Crippen LogP contribution in [0.4, 0.5) is 0 Å². The number of likely N-dealkylation sites (tertiary alicyclic amines) is 1.